The maximum atomic E-state index is 3.95. The molecule has 1 heteroatoms. The third-order valence-corrected chi connectivity index (χ3v) is 4.68. The van der Waals surface area contributed by atoms with Crippen LogP contribution in [0.15, 0.2) is 12.7 Å². The lowest BCUT2D eigenvalue weighted by molar-refractivity contribution is 0.119. The average Bonchev–Trinajstić information content (AvgIpc) is 2.30. The number of nitrogens with one attached hydrogen (secondary N) is 1. The zero-order valence-corrected chi connectivity index (χ0v) is 10.0. The number of likely N-dealkylation sites (N-methyl/N-ethyl adjacent to an activating group) is 1. The summed E-state index contributed by atoms with van der Waals surface area (Å²) in [6, 6.07) is 0.549. The normalized spacial score (nSPS) is 38.1. The van der Waals surface area contributed by atoms with Crippen LogP contribution in [0.25, 0.3) is 0 Å². The van der Waals surface area contributed by atoms with Crippen molar-refractivity contribution in [3.63, 3.8) is 0 Å². The Labute approximate surface area is 94.3 Å². The van der Waals surface area contributed by atoms with E-state index >= 15 is 0 Å². The summed E-state index contributed by atoms with van der Waals surface area (Å²) in [5.74, 6) is 2.96. The van der Waals surface area contributed by atoms with Gasteiger partial charge in [-0.25, -0.2) is 0 Å². The molecule has 0 radical (unpaired) electrons. The van der Waals surface area contributed by atoms with Crippen molar-refractivity contribution in [2.24, 2.45) is 17.8 Å². The van der Waals surface area contributed by atoms with Gasteiger partial charge in [-0.05, 0) is 44.1 Å². The Kier molecular flexibility index (Phi) is 3.85. The van der Waals surface area contributed by atoms with Gasteiger partial charge in [-0.2, -0.15) is 0 Å². The zero-order valence-electron chi connectivity index (χ0n) is 10.0. The number of hydrogen-bond acceptors (Lipinski definition) is 1. The van der Waals surface area contributed by atoms with Crippen molar-refractivity contribution in [1.82, 2.24) is 5.32 Å². The molecule has 2 aliphatic carbocycles. The highest BCUT2D eigenvalue weighted by molar-refractivity contribution is 4.94. The van der Waals surface area contributed by atoms with Crippen molar-refractivity contribution in [2.75, 3.05) is 7.05 Å². The standard InChI is InChI=1S/C14H25N/c1-3-14(15-2)13-9-8-11-6-4-5-7-12(11)10-13/h3,11-15H,1,4-10H2,2H3. The van der Waals surface area contributed by atoms with Gasteiger partial charge in [0.1, 0.15) is 0 Å². The SMILES string of the molecule is C=CC(NC)C1CCC2CCCCC2C1. The first-order valence-electron chi connectivity index (χ1n) is 6.65. The Morgan fingerprint density at radius 3 is 2.53 bits per heavy atom. The van der Waals surface area contributed by atoms with Gasteiger partial charge >= 0.3 is 0 Å². The fraction of sp³-hybridized carbons (Fsp3) is 0.857. The molecule has 0 spiro atoms. The van der Waals surface area contributed by atoms with Crippen LogP contribution in [0, 0.1) is 17.8 Å². The van der Waals surface area contributed by atoms with Crippen LogP contribution < -0.4 is 5.32 Å². The molecule has 1 N–H and O–H groups in total. The maximum Gasteiger partial charge on any atom is 0.0273 e. The van der Waals surface area contributed by atoms with Gasteiger partial charge in [-0.3, -0.25) is 0 Å². The van der Waals surface area contributed by atoms with Gasteiger partial charge in [0.2, 0.25) is 0 Å². The average molecular weight is 207 g/mol. The first kappa shape index (κ1) is 11.2. The molecule has 0 aliphatic heterocycles. The second-order valence-corrected chi connectivity index (χ2v) is 5.43. The third-order valence-electron chi connectivity index (χ3n) is 4.68. The minimum Gasteiger partial charge on any atom is -0.313 e. The monoisotopic (exact) mass is 207 g/mol. The minimum absolute atomic E-state index is 0.549. The molecule has 2 fully saturated rings. The molecule has 2 rings (SSSR count). The van der Waals surface area contributed by atoms with Crippen molar-refractivity contribution >= 4 is 0 Å². The topological polar surface area (TPSA) is 12.0 Å². The molecule has 15 heavy (non-hydrogen) atoms. The van der Waals surface area contributed by atoms with Crippen LogP contribution in [0.2, 0.25) is 0 Å². The maximum absolute atomic E-state index is 3.95. The second kappa shape index (κ2) is 5.16. The predicted molar refractivity (Wildman–Crippen MR) is 65.8 cm³/mol. The largest absolute Gasteiger partial charge is 0.313 e. The van der Waals surface area contributed by atoms with Gasteiger partial charge in [0.05, 0.1) is 0 Å². The lowest BCUT2D eigenvalue weighted by Crippen LogP contribution is -2.38. The van der Waals surface area contributed by atoms with Gasteiger partial charge in [0.25, 0.3) is 0 Å². The van der Waals surface area contributed by atoms with E-state index in [0.717, 1.165) is 17.8 Å². The van der Waals surface area contributed by atoms with Crippen LogP contribution in [0.5, 0.6) is 0 Å². The van der Waals surface area contributed by atoms with E-state index in [9.17, 15) is 0 Å². The molecule has 86 valence electrons. The lowest BCUT2D eigenvalue weighted by atomic mass is 9.66. The Bertz CT molecular complexity index is 211. The Hall–Kier alpha value is -0.300. The van der Waals surface area contributed by atoms with Crippen molar-refractivity contribution in [3.8, 4) is 0 Å². The molecule has 0 amide bonds. The quantitative estimate of drug-likeness (QED) is 0.700. The Balaban J connectivity index is 1.92. The van der Waals surface area contributed by atoms with E-state index in [-0.39, 0.29) is 0 Å². The van der Waals surface area contributed by atoms with Gasteiger partial charge in [0, 0.05) is 6.04 Å². The number of hydrogen-bond donors (Lipinski definition) is 1. The fourth-order valence-corrected chi connectivity index (χ4v) is 3.78. The van der Waals surface area contributed by atoms with E-state index in [1.54, 1.807) is 0 Å². The summed E-state index contributed by atoms with van der Waals surface area (Å²) in [6.45, 7) is 3.95. The predicted octanol–water partition coefficient (Wildman–Crippen LogP) is 3.37. The third kappa shape index (κ3) is 2.44. The smallest absolute Gasteiger partial charge is 0.0273 e. The van der Waals surface area contributed by atoms with Crippen LogP contribution >= 0.6 is 0 Å². The highest BCUT2D eigenvalue weighted by Gasteiger charge is 2.33. The van der Waals surface area contributed by atoms with Crippen LogP contribution in [0.4, 0.5) is 0 Å². The Morgan fingerprint density at radius 2 is 1.87 bits per heavy atom. The summed E-state index contributed by atoms with van der Waals surface area (Å²) in [5, 5.41) is 3.40. The van der Waals surface area contributed by atoms with E-state index in [1.165, 1.54) is 44.9 Å². The number of rotatable bonds is 3. The molecule has 4 atom stereocenters. The highest BCUT2D eigenvalue weighted by Crippen LogP contribution is 2.43. The molecular weight excluding hydrogens is 182 g/mol. The van der Waals surface area contributed by atoms with Gasteiger partial charge in [-0.15, -0.1) is 6.58 Å². The molecule has 4 unspecified atom stereocenters. The van der Waals surface area contributed by atoms with Crippen molar-refractivity contribution in [1.29, 1.82) is 0 Å². The lowest BCUT2D eigenvalue weighted by Gasteiger charge is -2.41. The molecule has 0 aromatic rings. The molecule has 0 aromatic heterocycles. The second-order valence-electron chi connectivity index (χ2n) is 5.43. The minimum atomic E-state index is 0.549. The summed E-state index contributed by atoms with van der Waals surface area (Å²) < 4.78 is 0. The van der Waals surface area contributed by atoms with E-state index < -0.39 is 0 Å². The summed E-state index contributed by atoms with van der Waals surface area (Å²) in [7, 11) is 2.07. The van der Waals surface area contributed by atoms with Crippen molar-refractivity contribution in [3.05, 3.63) is 12.7 Å². The zero-order chi connectivity index (χ0) is 10.7. The van der Waals surface area contributed by atoms with Gasteiger partial charge in [0.15, 0.2) is 0 Å². The first-order valence-corrected chi connectivity index (χ1v) is 6.65. The van der Waals surface area contributed by atoms with E-state index in [2.05, 4.69) is 25.0 Å². The molecule has 0 saturated heterocycles. The van der Waals surface area contributed by atoms with Crippen LogP contribution in [0.3, 0.4) is 0 Å². The van der Waals surface area contributed by atoms with Gasteiger partial charge in [-0.1, -0.05) is 31.8 Å². The molecule has 0 aromatic carbocycles. The van der Waals surface area contributed by atoms with E-state index in [0.29, 0.717) is 6.04 Å². The molecule has 0 bridgehead atoms. The van der Waals surface area contributed by atoms with Gasteiger partial charge < -0.3 is 5.32 Å². The van der Waals surface area contributed by atoms with Crippen LogP contribution in [0.1, 0.15) is 44.9 Å². The molecule has 0 heterocycles. The molecule has 2 aliphatic rings. The molecule has 1 nitrogen and oxygen atoms in total. The summed E-state index contributed by atoms with van der Waals surface area (Å²) in [4.78, 5) is 0. The summed E-state index contributed by atoms with van der Waals surface area (Å²) in [5.41, 5.74) is 0. The number of fused-ring (bicyclic) bond motifs is 1. The molecule has 2 saturated carbocycles. The Morgan fingerprint density at radius 1 is 1.13 bits per heavy atom. The highest BCUT2D eigenvalue weighted by atomic mass is 14.9. The first-order chi connectivity index (χ1) is 7.35. The van der Waals surface area contributed by atoms with E-state index in [1.807, 2.05) is 0 Å². The van der Waals surface area contributed by atoms with Crippen molar-refractivity contribution < 1.29 is 0 Å². The summed E-state index contributed by atoms with van der Waals surface area (Å²) in [6.07, 6.45) is 12.4. The fourth-order valence-electron chi connectivity index (χ4n) is 3.78. The van der Waals surface area contributed by atoms with Crippen molar-refractivity contribution in [2.45, 2.75) is 51.0 Å². The van der Waals surface area contributed by atoms with Crippen LogP contribution in [-0.4, -0.2) is 13.1 Å². The van der Waals surface area contributed by atoms with Crippen LogP contribution in [-0.2, 0) is 0 Å². The van der Waals surface area contributed by atoms with E-state index in [4.69, 9.17) is 0 Å². The summed E-state index contributed by atoms with van der Waals surface area (Å²) >= 11 is 0. The molecular formula is C14H25N.